The zero-order valence-corrected chi connectivity index (χ0v) is 12.9. The van der Waals surface area contributed by atoms with E-state index < -0.39 is 0 Å². The van der Waals surface area contributed by atoms with E-state index in [0.29, 0.717) is 0 Å². The van der Waals surface area contributed by atoms with Crippen molar-refractivity contribution in [2.24, 2.45) is 0 Å². The summed E-state index contributed by atoms with van der Waals surface area (Å²) in [6, 6.07) is 18.3. The maximum Gasteiger partial charge on any atom is 0.0346 e. The van der Waals surface area contributed by atoms with Crippen LogP contribution < -0.4 is 0 Å². The first-order valence-corrected chi connectivity index (χ1v) is 7.41. The minimum absolute atomic E-state index is 1.12. The Morgan fingerprint density at radius 3 is 2.05 bits per heavy atom. The number of fused-ring (bicyclic) bond motifs is 2. The molecule has 0 saturated heterocycles. The Balaban J connectivity index is 0.000000126. The monoisotopic (exact) mass is 336 g/mol. The van der Waals surface area contributed by atoms with E-state index in [0.717, 1.165) is 4.47 Å². The van der Waals surface area contributed by atoms with Gasteiger partial charge in [-0.1, -0.05) is 52.3 Å². The van der Waals surface area contributed by atoms with Crippen molar-refractivity contribution in [3.05, 3.63) is 83.9 Å². The molecule has 0 saturated carbocycles. The Labute approximate surface area is 131 Å². The van der Waals surface area contributed by atoms with E-state index in [2.05, 4.69) is 38.0 Å². The van der Waals surface area contributed by atoms with Gasteiger partial charge in [-0.2, -0.15) is 0 Å². The van der Waals surface area contributed by atoms with Gasteiger partial charge in [0.2, 0.25) is 0 Å². The highest BCUT2D eigenvalue weighted by Crippen LogP contribution is 2.21. The van der Waals surface area contributed by atoms with Crippen molar-refractivity contribution < 1.29 is 0 Å². The molecular formula is C18H13BrN2. The van der Waals surface area contributed by atoms with Gasteiger partial charge < -0.3 is 0 Å². The molecule has 0 aliphatic carbocycles. The van der Waals surface area contributed by atoms with E-state index >= 15 is 0 Å². The van der Waals surface area contributed by atoms with Crippen LogP contribution in [0.4, 0.5) is 0 Å². The minimum atomic E-state index is 1.12. The molecule has 0 aliphatic rings. The molecule has 2 heterocycles. The first kappa shape index (κ1) is 13.7. The van der Waals surface area contributed by atoms with Crippen molar-refractivity contribution in [1.82, 2.24) is 9.97 Å². The summed E-state index contributed by atoms with van der Waals surface area (Å²) in [7, 11) is 0. The summed E-state index contributed by atoms with van der Waals surface area (Å²) in [4.78, 5) is 8.05. The number of halogens is 1. The van der Waals surface area contributed by atoms with Gasteiger partial charge in [0.05, 0.1) is 0 Å². The maximum absolute atomic E-state index is 4.03. The van der Waals surface area contributed by atoms with Crippen LogP contribution in [0, 0.1) is 0 Å². The molecule has 4 rings (SSSR count). The summed E-state index contributed by atoms with van der Waals surface area (Å²) >= 11 is 3.47. The summed E-state index contributed by atoms with van der Waals surface area (Å²) in [5.41, 5.74) is 0. The van der Waals surface area contributed by atoms with Crippen LogP contribution in [0.1, 0.15) is 0 Å². The fourth-order valence-electron chi connectivity index (χ4n) is 2.11. The third-order valence-corrected chi connectivity index (χ3v) is 3.87. The highest BCUT2D eigenvalue weighted by Gasteiger charge is 1.94. The lowest BCUT2D eigenvalue weighted by atomic mass is 10.2. The van der Waals surface area contributed by atoms with Gasteiger partial charge in [0.15, 0.2) is 0 Å². The second-order valence-electron chi connectivity index (χ2n) is 4.56. The van der Waals surface area contributed by atoms with Crippen molar-refractivity contribution in [2.75, 3.05) is 0 Å². The van der Waals surface area contributed by atoms with Gasteiger partial charge in [0.1, 0.15) is 0 Å². The lowest BCUT2D eigenvalue weighted by Gasteiger charge is -1.96. The van der Waals surface area contributed by atoms with Gasteiger partial charge in [-0.3, -0.25) is 9.97 Å². The predicted octanol–water partition coefficient (Wildman–Crippen LogP) is 5.23. The molecule has 2 aromatic heterocycles. The average molecular weight is 337 g/mol. The summed E-state index contributed by atoms with van der Waals surface area (Å²) < 4.78 is 1.12. The Morgan fingerprint density at radius 2 is 1.29 bits per heavy atom. The van der Waals surface area contributed by atoms with Crippen molar-refractivity contribution in [3.8, 4) is 0 Å². The average Bonchev–Trinajstić information content (AvgIpc) is 2.56. The quantitative estimate of drug-likeness (QED) is 0.439. The number of nitrogens with zero attached hydrogens (tertiary/aromatic N) is 2. The number of aromatic nitrogens is 2. The van der Waals surface area contributed by atoms with E-state index in [1.165, 1.54) is 21.5 Å². The SMILES string of the molecule is Brc1cccc2cnccc12.c1ccc2cnccc2c1. The van der Waals surface area contributed by atoms with E-state index in [-0.39, 0.29) is 0 Å². The smallest absolute Gasteiger partial charge is 0.0346 e. The summed E-state index contributed by atoms with van der Waals surface area (Å²) in [5, 5.41) is 4.83. The summed E-state index contributed by atoms with van der Waals surface area (Å²) in [6.45, 7) is 0. The van der Waals surface area contributed by atoms with E-state index in [1.807, 2.05) is 61.1 Å². The van der Waals surface area contributed by atoms with Crippen LogP contribution in [0.2, 0.25) is 0 Å². The number of hydrogen-bond donors (Lipinski definition) is 0. The molecule has 0 spiro atoms. The number of benzene rings is 2. The summed E-state index contributed by atoms with van der Waals surface area (Å²) in [6.07, 6.45) is 7.34. The van der Waals surface area contributed by atoms with Crippen LogP contribution >= 0.6 is 15.9 Å². The highest BCUT2D eigenvalue weighted by atomic mass is 79.9. The Hall–Kier alpha value is -2.26. The molecule has 3 heteroatoms. The van der Waals surface area contributed by atoms with Gasteiger partial charge in [0, 0.05) is 34.6 Å². The molecule has 0 bridgehead atoms. The van der Waals surface area contributed by atoms with Crippen molar-refractivity contribution >= 4 is 37.5 Å². The number of pyridine rings is 2. The molecule has 21 heavy (non-hydrogen) atoms. The van der Waals surface area contributed by atoms with Crippen LogP contribution in [0.15, 0.2) is 83.9 Å². The number of rotatable bonds is 0. The molecule has 0 N–H and O–H groups in total. The second kappa shape index (κ2) is 6.46. The topological polar surface area (TPSA) is 25.8 Å². The zero-order valence-electron chi connectivity index (χ0n) is 11.3. The normalized spacial score (nSPS) is 10.1. The van der Waals surface area contributed by atoms with Gasteiger partial charge in [-0.25, -0.2) is 0 Å². The first-order valence-electron chi connectivity index (χ1n) is 6.61. The molecular weight excluding hydrogens is 324 g/mol. The Bertz CT molecular complexity index is 804. The zero-order chi connectivity index (χ0) is 14.5. The van der Waals surface area contributed by atoms with E-state index in [9.17, 15) is 0 Å². The fraction of sp³-hybridized carbons (Fsp3) is 0. The lowest BCUT2D eigenvalue weighted by molar-refractivity contribution is 1.36. The maximum atomic E-state index is 4.03. The molecule has 0 unspecified atom stereocenters. The lowest BCUT2D eigenvalue weighted by Crippen LogP contribution is -1.74. The second-order valence-corrected chi connectivity index (χ2v) is 5.41. The van der Waals surface area contributed by atoms with Crippen LogP contribution in [-0.4, -0.2) is 9.97 Å². The molecule has 2 aromatic carbocycles. The molecule has 0 amide bonds. The minimum Gasteiger partial charge on any atom is -0.264 e. The standard InChI is InChI=1S/C9H6BrN.C9H7N/c10-9-3-1-2-7-6-11-5-4-8(7)9;1-2-4-9-7-10-6-5-8(9)3-1/h1-6H;1-7H. The first-order chi connectivity index (χ1) is 10.3. The van der Waals surface area contributed by atoms with Crippen molar-refractivity contribution in [2.45, 2.75) is 0 Å². The van der Waals surface area contributed by atoms with Gasteiger partial charge in [-0.05, 0) is 34.4 Å². The van der Waals surface area contributed by atoms with Gasteiger partial charge in [-0.15, -0.1) is 0 Å². The van der Waals surface area contributed by atoms with Gasteiger partial charge in [0.25, 0.3) is 0 Å². The summed E-state index contributed by atoms with van der Waals surface area (Å²) in [5.74, 6) is 0. The molecule has 0 aliphatic heterocycles. The molecule has 102 valence electrons. The van der Waals surface area contributed by atoms with E-state index in [1.54, 1.807) is 6.20 Å². The Morgan fingerprint density at radius 1 is 0.619 bits per heavy atom. The van der Waals surface area contributed by atoms with Crippen molar-refractivity contribution in [3.63, 3.8) is 0 Å². The molecule has 0 radical (unpaired) electrons. The van der Waals surface area contributed by atoms with Crippen LogP contribution in [-0.2, 0) is 0 Å². The molecule has 4 aromatic rings. The molecule has 0 fully saturated rings. The largest absolute Gasteiger partial charge is 0.264 e. The highest BCUT2D eigenvalue weighted by molar-refractivity contribution is 9.10. The van der Waals surface area contributed by atoms with Crippen LogP contribution in [0.25, 0.3) is 21.5 Å². The van der Waals surface area contributed by atoms with Crippen molar-refractivity contribution in [1.29, 1.82) is 0 Å². The predicted molar refractivity (Wildman–Crippen MR) is 91.2 cm³/mol. The Kier molecular flexibility index (Phi) is 4.22. The number of hydrogen-bond acceptors (Lipinski definition) is 2. The molecule has 2 nitrogen and oxygen atoms in total. The third-order valence-electron chi connectivity index (χ3n) is 3.18. The molecule has 0 atom stereocenters. The van der Waals surface area contributed by atoms with Gasteiger partial charge >= 0.3 is 0 Å². The van der Waals surface area contributed by atoms with Crippen LogP contribution in [0.5, 0.6) is 0 Å². The van der Waals surface area contributed by atoms with E-state index in [4.69, 9.17) is 0 Å². The third kappa shape index (κ3) is 3.26. The van der Waals surface area contributed by atoms with Crippen LogP contribution in [0.3, 0.4) is 0 Å². The fourth-order valence-corrected chi connectivity index (χ4v) is 2.62.